The number of hydrogen-bond acceptors (Lipinski definition) is 3. The van der Waals surface area contributed by atoms with E-state index in [4.69, 9.17) is 11.5 Å². The van der Waals surface area contributed by atoms with Gasteiger partial charge in [0, 0.05) is 12.6 Å². The summed E-state index contributed by atoms with van der Waals surface area (Å²) in [7, 11) is 0. The fraction of sp³-hybridized carbons (Fsp3) is 0.533. The summed E-state index contributed by atoms with van der Waals surface area (Å²) in [4.78, 5) is 13.9. The molecule has 0 radical (unpaired) electrons. The Hall–Kier alpha value is -1.55. The molecule has 1 atom stereocenters. The van der Waals surface area contributed by atoms with E-state index in [2.05, 4.69) is 11.0 Å². The quantitative estimate of drug-likeness (QED) is 0.868. The normalized spacial score (nSPS) is 19.5. The number of amides is 1. The zero-order chi connectivity index (χ0) is 13.8. The number of nitrogens with two attached hydrogens (primary N) is 2. The van der Waals surface area contributed by atoms with E-state index in [0.29, 0.717) is 18.2 Å². The van der Waals surface area contributed by atoms with Gasteiger partial charge in [-0.1, -0.05) is 6.07 Å². The van der Waals surface area contributed by atoms with Crippen molar-refractivity contribution in [1.29, 1.82) is 0 Å². The van der Waals surface area contributed by atoms with Crippen LogP contribution in [0.5, 0.6) is 0 Å². The summed E-state index contributed by atoms with van der Waals surface area (Å²) < 4.78 is 0. The molecule has 2 rings (SSSR count). The van der Waals surface area contributed by atoms with Gasteiger partial charge in [0.1, 0.15) is 0 Å². The summed E-state index contributed by atoms with van der Waals surface area (Å²) in [5.74, 6) is -0.355. The van der Waals surface area contributed by atoms with Crippen molar-refractivity contribution >= 4 is 11.6 Å². The Labute approximate surface area is 114 Å². The largest absolute Gasteiger partial charge is 0.368 e. The highest BCUT2D eigenvalue weighted by Crippen LogP contribution is 2.30. The molecule has 0 bridgehead atoms. The van der Waals surface area contributed by atoms with E-state index in [1.807, 2.05) is 19.1 Å². The second kappa shape index (κ2) is 6.06. The number of benzene rings is 1. The molecule has 4 nitrogen and oxygen atoms in total. The van der Waals surface area contributed by atoms with Crippen molar-refractivity contribution in [2.24, 2.45) is 11.5 Å². The first-order valence-electron chi connectivity index (χ1n) is 7.00. The van der Waals surface area contributed by atoms with Gasteiger partial charge in [-0.05, 0) is 56.8 Å². The van der Waals surface area contributed by atoms with Crippen LogP contribution in [-0.4, -0.2) is 25.0 Å². The Bertz CT molecular complexity index is 457. The number of nitrogens with zero attached hydrogens (tertiary/aromatic N) is 1. The van der Waals surface area contributed by atoms with Gasteiger partial charge >= 0.3 is 0 Å². The minimum Gasteiger partial charge on any atom is -0.368 e. The summed E-state index contributed by atoms with van der Waals surface area (Å²) >= 11 is 0. The van der Waals surface area contributed by atoms with E-state index >= 15 is 0 Å². The summed E-state index contributed by atoms with van der Waals surface area (Å²) in [6, 6.07) is 6.26. The number of aryl methyl sites for hydroxylation is 1. The maximum absolute atomic E-state index is 11.6. The Morgan fingerprint density at radius 3 is 2.89 bits per heavy atom. The fourth-order valence-corrected chi connectivity index (χ4v) is 2.90. The second-order valence-electron chi connectivity index (χ2n) is 5.31. The minimum atomic E-state index is -0.355. The summed E-state index contributed by atoms with van der Waals surface area (Å²) in [5, 5.41) is 0. The van der Waals surface area contributed by atoms with Crippen LogP contribution in [0, 0.1) is 6.92 Å². The molecule has 0 aliphatic carbocycles. The number of rotatable bonds is 4. The molecular formula is C15H23N3O. The topological polar surface area (TPSA) is 72.4 Å². The molecule has 1 fully saturated rings. The SMILES string of the molecule is Cc1ccc(C(N)=O)c(N2CCCCC2CCN)c1. The first-order chi connectivity index (χ1) is 9.13. The van der Waals surface area contributed by atoms with E-state index in [-0.39, 0.29) is 5.91 Å². The van der Waals surface area contributed by atoms with E-state index < -0.39 is 0 Å². The molecule has 1 aromatic carbocycles. The van der Waals surface area contributed by atoms with E-state index in [0.717, 1.165) is 37.1 Å². The van der Waals surface area contributed by atoms with Gasteiger partial charge < -0.3 is 16.4 Å². The second-order valence-corrected chi connectivity index (χ2v) is 5.31. The van der Waals surface area contributed by atoms with Crippen LogP contribution in [0.15, 0.2) is 18.2 Å². The van der Waals surface area contributed by atoms with Crippen LogP contribution in [0.3, 0.4) is 0 Å². The lowest BCUT2D eigenvalue weighted by molar-refractivity contribution is 0.100. The maximum atomic E-state index is 11.6. The number of primary amides is 1. The van der Waals surface area contributed by atoms with Crippen LogP contribution in [0.4, 0.5) is 5.69 Å². The lowest BCUT2D eigenvalue weighted by Gasteiger charge is -2.38. The summed E-state index contributed by atoms with van der Waals surface area (Å²) in [6.45, 7) is 3.70. The lowest BCUT2D eigenvalue weighted by Crippen LogP contribution is -2.41. The average molecular weight is 261 g/mol. The monoisotopic (exact) mass is 261 g/mol. The van der Waals surface area contributed by atoms with Gasteiger partial charge in [-0.15, -0.1) is 0 Å². The molecule has 4 heteroatoms. The molecule has 0 saturated carbocycles. The van der Waals surface area contributed by atoms with E-state index in [9.17, 15) is 4.79 Å². The van der Waals surface area contributed by atoms with Crippen LogP contribution in [0.25, 0.3) is 0 Å². The molecule has 104 valence electrons. The highest BCUT2D eigenvalue weighted by Gasteiger charge is 2.25. The Kier molecular flexibility index (Phi) is 4.43. The van der Waals surface area contributed by atoms with Gasteiger partial charge in [0.15, 0.2) is 0 Å². The molecule has 1 amide bonds. The first kappa shape index (κ1) is 13.9. The highest BCUT2D eigenvalue weighted by atomic mass is 16.1. The smallest absolute Gasteiger partial charge is 0.250 e. The molecule has 4 N–H and O–H groups in total. The standard InChI is InChI=1S/C15H23N3O/c1-11-5-6-13(15(17)19)14(10-11)18-9-3-2-4-12(18)7-8-16/h5-6,10,12H,2-4,7-9,16H2,1H3,(H2,17,19). The number of carbonyl (C=O) groups excluding carboxylic acids is 1. The number of hydrogen-bond donors (Lipinski definition) is 2. The zero-order valence-electron chi connectivity index (χ0n) is 11.6. The molecule has 1 aliphatic rings. The van der Waals surface area contributed by atoms with Crippen molar-refractivity contribution in [2.45, 2.75) is 38.6 Å². The average Bonchev–Trinajstić information content (AvgIpc) is 2.39. The predicted octanol–water partition coefficient (Wildman–Crippen LogP) is 1.80. The van der Waals surface area contributed by atoms with Crippen LogP contribution < -0.4 is 16.4 Å². The van der Waals surface area contributed by atoms with Crippen molar-refractivity contribution in [2.75, 3.05) is 18.0 Å². The van der Waals surface area contributed by atoms with Crippen molar-refractivity contribution in [3.8, 4) is 0 Å². The fourth-order valence-electron chi connectivity index (χ4n) is 2.90. The molecule has 1 saturated heterocycles. The first-order valence-corrected chi connectivity index (χ1v) is 7.00. The predicted molar refractivity (Wildman–Crippen MR) is 78.4 cm³/mol. The van der Waals surface area contributed by atoms with Crippen LogP contribution in [0.2, 0.25) is 0 Å². The molecular weight excluding hydrogens is 238 g/mol. The van der Waals surface area contributed by atoms with E-state index in [1.165, 1.54) is 6.42 Å². The van der Waals surface area contributed by atoms with Crippen LogP contribution >= 0.6 is 0 Å². The van der Waals surface area contributed by atoms with Crippen molar-refractivity contribution in [1.82, 2.24) is 0 Å². The number of carbonyl (C=O) groups is 1. The molecule has 0 spiro atoms. The molecule has 1 aromatic rings. The molecule has 1 aliphatic heterocycles. The van der Waals surface area contributed by atoms with Crippen LogP contribution in [-0.2, 0) is 0 Å². The van der Waals surface area contributed by atoms with Gasteiger partial charge in [-0.2, -0.15) is 0 Å². The summed E-state index contributed by atoms with van der Waals surface area (Å²) in [5.41, 5.74) is 14.0. The Morgan fingerprint density at radius 2 is 2.21 bits per heavy atom. The molecule has 19 heavy (non-hydrogen) atoms. The van der Waals surface area contributed by atoms with Gasteiger partial charge in [0.05, 0.1) is 11.3 Å². The van der Waals surface area contributed by atoms with Gasteiger partial charge in [0.25, 0.3) is 5.91 Å². The third-order valence-electron chi connectivity index (χ3n) is 3.86. The van der Waals surface area contributed by atoms with Gasteiger partial charge in [-0.25, -0.2) is 0 Å². The maximum Gasteiger partial charge on any atom is 0.250 e. The third-order valence-corrected chi connectivity index (χ3v) is 3.86. The Balaban J connectivity index is 2.37. The van der Waals surface area contributed by atoms with Gasteiger partial charge in [0.2, 0.25) is 0 Å². The lowest BCUT2D eigenvalue weighted by atomic mass is 9.96. The summed E-state index contributed by atoms with van der Waals surface area (Å²) in [6.07, 6.45) is 4.50. The number of anilines is 1. The zero-order valence-corrected chi connectivity index (χ0v) is 11.6. The minimum absolute atomic E-state index is 0.355. The van der Waals surface area contributed by atoms with Crippen LogP contribution in [0.1, 0.15) is 41.6 Å². The molecule has 0 aromatic heterocycles. The number of piperidine rings is 1. The van der Waals surface area contributed by atoms with Crippen molar-refractivity contribution in [3.63, 3.8) is 0 Å². The van der Waals surface area contributed by atoms with Crippen molar-refractivity contribution in [3.05, 3.63) is 29.3 Å². The molecule has 1 unspecified atom stereocenters. The van der Waals surface area contributed by atoms with Crippen molar-refractivity contribution < 1.29 is 4.79 Å². The highest BCUT2D eigenvalue weighted by molar-refractivity contribution is 5.98. The van der Waals surface area contributed by atoms with Gasteiger partial charge in [-0.3, -0.25) is 4.79 Å². The third kappa shape index (κ3) is 3.07. The Morgan fingerprint density at radius 1 is 1.42 bits per heavy atom. The van der Waals surface area contributed by atoms with E-state index in [1.54, 1.807) is 0 Å². The molecule has 1 heterocycles.